The second kappa shape index (κ2) is 4.59. The number of aromatic nitrogens is 1. The van der Waals surface area contributed by atoms with E-state index in [2.05, 4.69) is 10.3 Å². The van der Waals surface area contributed by atoms with Crippen molar-refractivity contribution in [3.05, 3.63) is 16.1 Å². The number of carboxylic acid groups (broad SMARTS) is 1. The molecule has 4 atom stereocenters. The van der Waals surface area contributed by atoms with E-state index in [1.165, 1.54) is 11.3 Å². The smallest absolute Gasteiger partial charge is 0.308 e. The van der Waals surface area contributed by atoms with E-state index in [4.69, 9.17) is 0 Å². The van der Waals surface area contributed by atoms with Gasteiger partial charge in [0.2, 0.25) is 0 Å². The van der Waals surface area contributed by atoms with Crippen LogP contribution in [-0.2, 0) is 4.79 Å². The lowest BCUT2D eigenvalue weighted by Gasteiger charge is -2.28. The third-order valence-corrected chi connectivity index (χ3v) is 5.12. The third-order valence-electron chi connectivity index (χ3n) is 4.35. The molecule has 2 aliphatic rings. The Labute approximate surface area is 115 Å². The number of fused-ring (bicyclic) bond motifs is 2. The highest BCUT2D eigenvalue weighted by atomic mass is 32.1. The van der Waals surface area contributed by atoms with Gasteiger partial charge in [-0.15, -0.1) is 11.3 Å². The highest BCUT2D eigenvalue weighted by molar-refractivity contribution is 7.09. The quantitative estimate of drug-likeness (QED) is 0.883. The predicted octanol–water partition coefficient (Wildman–Crippen LogP) is 1.68. The minimum absolute atomic E-state index is 0.227. The fraction of sp³-hybridized carbons (Fsp3) is 0.615. The van der Waals surface area contributed by atoms with E-state index in [1.807, 2.05) is 6.92 Å². The van der Waals surface area contributed by atoms with Gasteiger partial charge in [-0.25, -0.2) is 4.98 Å². The molecule has 1 aromatic heterocycles. The Hall–Kier alpha value is -1.43. The van der Waals surface area contributed by atoms with Crippen LogP contribution >= 0.6 is 11.3 Å². The molecule has 0 aliphatic heterocycles. The topological polar surface area (TPSA) is 79.3 Å². The van der Waals surface area contributed by atoms with Crippen LogP contribution in [0.25, 0.3) is 0 Å². The van der Waals surface area contributed by atoms with E-state index in [-0.39, 0.29) is 17.9 Å². The van der Waals surface area contributed by atoms with E-state index in [1.54, 1.807) is 5.38 Å². The zero-order valence-electron chi connectivity index (χ0n) is 10.6. The number of hydrogen-bond donors (Lipinski definition) is 2. The zero-order chi connectivity index (χ0) is 13.6. The Morgan fingerprint density at radius 3 is 2.79 bits per heavy atom. The van der Waals surface area contributed by atoms with Crippen LogP contribution < -0.4 is 5.32 Å². The molecular weight excluding hydrogens is 264 g/mol. The van der Waals surface area contributed by atoms with E-state index in [0.29, 0.717) is 11.6 Å². The number of nitrogens with zero attached hydrogens (tertiary/aromatic N) is 1. The van der Waals surface area contributed by atoms with Gasteiger partial charge in [0.15, 0.2) is 0 Å². The van der Waals surface area contributed by atoms with Crippen molar-refractivity contribution in [2.75, 3.05) is 0 Å². The number of rotatable bonds is 3. The first kappa shape index (κ1) is 12.6. The number of amides is 1. The molecule has 2 N–H and O–H groups in total. The first-order valence-electron chi connectivity index (χ1n) is 6.52. The summed E-state index contributed by atoms with van der Waals surface area (Å²) in [5.74, 6) is -0.915. The van der Waals surface area contributed by atoms with Crippen molar-refractivity contribution in [3.63, 3.8) is 0 Å². The van der Waals surface area contributed by atoms with Gasteiger partial charge in [-0.05, 0) is 38.0 Å². The normalized spacial score (nSPS) is 32.5. The molecule has 6 heteroatoms. The van der Waals surface area contributed by atoms with Crippen molar-refractivity contribution >= 4 is 23.2 Å². The fourth-order valence-electron chi connectivity index (χ4n) is 3.55. The average Bonchev–Trinajstić information content (AvgIpc) is 3.03. The summed E-state index contributed by atoms with van der Waals surface area (Å²) in [5.41, 5.74) is 0.398. The molecule has 4 unspecified atom stereocenters. The van der Waals surface area contributed by atoms with Crippen LogP contribution in [0.5, 0.6) is 0 Å². The van der Waals surface area contributed by atoms with Gasteiger partial charge in [0, 0.05) is 11.4 Å². The minimum Gasteiger partial charge on any atom is -0.481 e. The second-order valence-electron chi connectivity index (χ2n) is 5.45. The Morgan fingerprint density at radius 2 is 2.16 bits per heavy atom. The van der Waals surface area contributed by atoms with E-state index in [9.17, 15) is 14.7 Å². The average molecular weight is 280 g/mol. The van der Waals surface area contributed by atoms with Crippen LogP contribution in [0.1, 0.15) is 34.8 Å². The molecule has 1 heterocycles. The Bertz CT molecular complexity index is 528. The first-order chi connectivity index (χ1) is 9.06. The number of carboxylic acids is 1. The van der Waals surface area contributed by atoms with Crippen molar-refractivity contribution in [2.45, 2.75) is 32.2 Å². The van der Waals surface area contributed by atoms with Gasteiger partial charge in [0.25, 0.3) is 5.91 Å². The van der Waals surface area contributed by atoms with Crippen LogP contribution in [0.2, 0.25) is 0 Å². The van der Waals surface area contributed by atoms with Crippen LogP contribution in [0.15, 0.2) is 5.38 Å². The number of aliphatic carboxylic acids is 1. The first-order valence-corrected chi connectivity index (χ1v) is 7.40. The summed E-state index contributed by atoms with van der Waals surface area (Å²) in [4.78, 5) is 27.6. The highest BCUT2D eigenvalue weighted by Gasteiger charge is 2.51. The van der Waals surface area contributed by atoms with Crippen molar-refractivity contribution in [2.24, 2.45) is 17.8 Å². The number of nitrogens with one attached hydrogen (secondary N) is 1. The molecule has 0 radical (unpaired) electrons. The maximum Gasteiger partial charge on any atom is 0.308 e. The van der Waals surface area contributed by atoms with Gasteiger partial charge < -0.3 is 10.4 Å². The summed E-state index contributed by atoms with van der Waals surface area (Å²) < 4.78 is 0. The van der Waals surface area contributed by atoms with Crippen molar-refractivity contribution in [1.82, 2.24) is 10.3 Å². The zero-order valence-corrected chi connectivity index (χ0v) is 11.4. The molecule has 0 saturated heterocycles. The van der Waals surface area contributed by atoms with Crippen LogP contribution in [0, 0.1) is 24.7 Å². The minimum atomic E-state index is -0.785. The van der Waals surface area contributed by atoms with Crippen molar-refractivity contribution in [1.29, 1.82) is 0 Å². The second-order valence-corrected chi connectivity index (χ2v) is 6.51. The molecule has 102 valence electrons. The lowest BCUT2D eigenvalue weighted by Crippen LogP contribution is -2.46. The van der Waals surface area contributed by atoms with E-state index < -0.39 is 11.9 Å². The molecule has 19 heavy (non-hydrogen) atoms. The maximum atomic E-state index is 12.1. The largest absolute Gasteiger partial charge is 0.481 e. The summed E-state index contributed by atoms with van der Waals surface area (Å²) in [7, 11) is 0. The van der Waals surface area contributed by atoms with E-state index in [0.717, 1.165) is 24.3 Å². The monoisotopic (exact) mass is 280 g/mol. The number of aryl methyl sites for hydroxylation is 1. The van der Waals surface area contributed by atoms with Crippen LogP contribution in [-0.4, -0.2) is 28.0 Å². The summed E-state index contributed by atoms with van der Waals surface area (Å²) in [6, 6.07) is -0.231. The van der Waals surface area contributed by atoms with Gasteiger partial charge in [-0.1, -0.05) is 0 Å². The molecule has 1 amide bonds. The van der Waals surface area contributed by atoms with Gasteiger partial charge >= 0.3 is 5.97 Å². The Balaban J connectivity index is 1.75. The van der Waals surface area contributed by atoms with Gasteiger partial charge in [0.1, 0.15) is 5.69 Å². The van der Waals surface area contributed by atoms with Crippen molar-refractivity contribution < 1.29 is 14.7 Å². The SMILES string of the molecule is Cc1nc(C(=O)NC2C3CCC(C3)C2C(=O)O)cs1. The molecule has 2 bridgehead atoms. The molecule has 5 nitrogen and oxygen atoms in total. The Morgan fingerprint density at radius 1 is 1.42 bits per heavy atom. The number of thiazole rings is 1. The molecule has 2 saturated carbocycles. The standard InChI is InChI=1S/C13H16N2O3S/c1-6-14-9(5-19-6)12(16)15-11-8-3-2-7(4-8)10(11)13(17)18/h5,7-8,10-11H,2-4H2,1H3,(H,15,16)(H,17,18). The molecule has 3 rings (SSSR count). The lowest BCUT2D eigenvalue weighted by atomic mass is 9.84. The molecular formula is C13H16N2O3S. The summed E-state index contributed by atoms with van der Waals surface area (Å²) in [5, 5.41) is 14.8. The van der Waals surface area contributed by atoms with Gasteiger partial charge in [0.05, 0.1) is 10.9 Å². The van der Waals surface area contributed by atoms with Crippen LogP contribution in [0.4, 0.5) is 0 Å². The van der Waals surface area contributed by atoms with Crippen molar-refractivity contribution in [3.8, 4) is 0 Å². The summed E-state index contributed by atoms with van der Waals surface area (Å²) in [6.45, 7) is 1.85. The fourth-order valence-corrected chi connectivity index (χ4v) is 4.14. The molecule has 1 aromatic rings. The van der Waals surface area contributed by atoms with Gasteiger partial charge in [-0.2, -0.15) is 0 Å². The molecule has 2 fully saturated rings. The number of carbonyl (C=O) groups excluding carboxylic acids is 1. The predicted molar refractivity (Wildman–Crippen MR) is 70.1 cm³/mol. The molecule has 2 aliphatic carbocycles. The Kier molecular flexibility index (Phi) is 3.05. The third kappa shape index (κ3) is 2.14. The van der Waals surface area contributed by atoms with Gasteiger partial charge in [-0.3, -0.25) is 9.59 Å². The highest BCUT2D eigenvalue weighted by Crippen LogP contribution is 2.48. The number of carbonyl (C=O) groups is 2. The van der Waals surface area contributed by atoms with E-state index >= 15 is 0 Å². The summed E-state index contributed by atoms with van der Waals surface area (Å²) in [6.07, 6.45) is 2.93. The van der Waals surface area contributed by atoms with Crippen LogP contribution in [0.3, 0.4) is 0 Å². The number of hydrogen-bond acceptors (Lipinski definition) is 4. The molecule has 0 aromatic carbocycles. The maximum absolute atomic E-state index is 12.1. The molecule has 0 spiro atoms. The lowest BCUT2D eigenvalue weighted by molar-refractivity contribution is -0.144. The summed E-state index contributed by atoms with van der Waals surface area (Å²) >= 11 is 1.42.